The predicted molar refractivity (Wildman–Crippen MR) is 473 cm³/mol. The first kappa shape index (κ1) is 97.8. The lowest BCUT2D eigenvalue weighted by Crippen LogP contribution is -2.50. The number of nitrogens with one attached hydrogen (secondary N) is 3. The zero-order chi connectivity index (χ0) is 94.0. The van der Waals surface area contributed by atoms with E-state index in [0.29, 0.717) is 5.56 Å². The fourth-order valence-electron chi connectivity index (χ4n) is 16.2. The van der Waals surface area contributed by atoms with Crippen LogP contribution in [0.25, 0.3) is 33.5 Å². The fourth-order valence-corrected chi connectivity index (χ4v) is 24.6. The molecular formula is C65H86N22O32P6S6. The van der Waals surface area contributed by atoms with Crippen molar-refractivity contribution < 1.29 is 122 Å². The third-order valence-electron chi connectivity index (χ3n) is 22.8. The Hall–Kier alpha value is -6.25. The maximum absolute atomic E-state index is 13.6. The van der Waals surface area contributed by atoms with Crippen LogP contribution in [0.15, 0.2) is 79.0 Å². The van der Waals surface area contributed by atoms with Crippen LogP contribution >= 0.6 is 40.3 Å². The van der Waals surface area contributed by atoms with E-state index in [4.69, 9.17) is 181 Å². The van der Waals surface area contributed by atoms with Crippen molar-refractivity contribution in [1.82, 2.24) is 87.2 Å². The molecule has 2 bridgehead atoms. The second-order valence-corrected chi connectivity index (χ2v) is 48.1. The number of imidazole rings is 3. The molecule has 0 aliphatic carbocycles. The van der Waals surface area contributed by atoms with Crippen LogP contribution in [0.2, 0.25) is 0 Å². The predicted octanol–water partition coefficient (Wildman–Crippen LogP) is -0.271. The van der Waals surface area contributed by atoms with E-state index in [1.165, 1.54) is 78.4 Å². The molecule has 16 rings (SSSR count). The van der Waals surface area contributed by atoms with Crippen LogP contribution in [0.5, 0.6) is 0 Å². The van der Waals surface area contributed by atoms with Gasteiger partial charge in [0.05, 0.1) is 83.0 Å². The molecule has 7 aliphatic heterocycles. The van der Waals surface area contributed by atoms with Gasteiger partial charge < -0.3 is 140 Å². The Balaban J connectivity index is 0.640. The number of anilines is 4. The van der Waals surface area contributed by atoms with Crippen LogP contribution in [0.3, 0.4) is 0 Å². The molecule has 28 atom stereocenters. The number of nitrogen functional groups attached to an aromatic ring is 4. The molecule has 714 valence electrons. The number of aliphatic hydroxyl groups is 1. The summed E-state index contributed by atoms with van der Waals surface area (Å²) in [5.74, 6) is -2.10. The van der Waals surface area contributed by atoms with E-state index in [-0.39, 0.29) is 87.3 Å². The van der Waals surface area contributed by atoms with E-state index in [2.05, 4.69) is 59.8 Å². The summed E-state index contributed by atoms with van der Waals surface area (Å²) in [6.45, 7) is -22.4. The molecule has 18 N–H and O–H groups in total. The highest BCUT2D eigenvalue weighted by molar-refractivity contribution is 8.08. The molecule has 9 unspecified atom stereocenters. The molecule has 16 heterocycles. The SMILES string of the molecule is COP(O)(=S)O[C@@H]1C[C@H](n2cc(C)c(=O)[nH]c2=O)O[C@@H]1COP(O)(=S)O[C@@H]1C[C@H](n2cnc3c(N)ncnc32)O[C@@H]1COP(O)(=S)O[C@@H]1C[C@H](n2cc(C)c(=O)[nH]c2=O)O[C@@H]1COP(O)(=S)O[C@@H]1C2O[C@@H](C)[C@]1(COP(O)(=S)O[C@@H]1C(C)[C@H](n3cnc4c(=O)[nH]c(N)nc43)O[C@@H]1COP(O)(=S)O[C@@H]1C(C)[C@H](n3cc(C)c(N)nc3=O)O[C@@H]1CO)O[C@H]2n1cnc2c(N)ncnc21. The smallest absolute Gasteiger partial charge is 0.351 e. The van der Waals surface area contributed by atoms with Gasteiger partial charge in [0, 0.05) is 73.5 Å². The van der Waals surface area contributed by atoms with Gasteiger partial charge in [0.1, 0.15) is 121 Å². The molecule has 0 saturated carbocycles. The van der Waals surface area contributed by atoms with Gasteiger partial charge in [-0.15, -0.1) is 0 Å². The fraction of sp³-hybridized carbons (Fsp3) is 0.585. The highest BCUT2D eigenvalue weighted by atomic mass is 32.5. The highest BCUT2D eigenvalue weighted by Gasteiger charge is 2.69. The Bertz CT molecular complexity index is 6600. The molecule has 131 heavy (non-hydrogen) atoms. The number of aliphatic hydroxyl groups excluding tert-OH is 1. The van der Waals surface area contributed by atoms with Gasteiger partial charge >= 0.3 is 57.4 Å². The Morgan fingerprint density at radius 2 is 0.885 bits per heavy atom. The molecule has 54 nitrogen and oxygen atoms in total. The molecule has 0 aromatic carbocycles. The maximum atomic E-state index is 13.6. The summed E-state index contributed by atoms with van der Waals surface area (Å²) in [5, 5.41) is 10.5. The number of H-pyrrole nitrogens is 3. The van der Waals surface area contributed by atoms with Gasteiger partial charge in [0.15, 0.2) is 40.3 Å². The summed E-state index contributed by atoms with van der Waals surface area (Å²) < 4.78 is 125. The number of aromatic nitrogens is 18. The van der Waals surface area contributed by atoms with Crippen LogP contribution in [-0.2, 0) is 158 Å². The van der Waals surface area contributed by atoms with Gasteiger partial charge in [-0.05, 0) is 98.5 Å². The number of rotatable bonds is 35. The van der Waals surface area contributed by atoms with Gasteiger partial charge in [-0.25, -0.2) is 49.3 Å². The molecule has 7 saturated heterocycles. The monoisotopic (exact) mass is 2060 g/mol. The third kappa shape index (κ3) is 20.4. The van der Waals surface area contributed by atoms with Crippen LogP contribution in [0, 0.1) is 32.6 Å². The van der Waals surface area contributed by atoms with Crippen molar-refractivity contribution in [2.45, 2.75) is 183 Å². The Labute approximate surface area is 766 Å². The number of nitrogens with two attached hydrogens (primary N) is 4. The zero-order valence-corrected chi connectivity index (χ0v) is 79.4. The lowest BCUT2D eigenvalue weighted by molar-refractivity contribution is -0.214. The van der Waals surface area contributed by atoms with Crippen LogP contribution in [0.4, 0.5) is 23.4 Å². The molecule has 0 amide bonds. The Kier molecular flexibility index (Phi) is 28.3. The van der Waals surface area contributed by atoms with Crippen LogP contribution < -0.4 is 56.7 Å². The average Bonchev–Trinajstić information content (AvgIpc) is 1.54. The summed E-state index contributed by atoms with van der Waals surface area (Å²) in [7, 11) is 1.11. The Morgan fingerprint density at radius 1 is 0.458 bits per heavy atom. The topological polar surface area (TPSA) is 716 Å². The minimum atomic E-state index is -4.83. The summed E-state index contributed by atoms with van der Waals surface area (Å²) in [4.78, 5) is 195. The van der Waals surface area contributed by atoms with Crippen LogP contribution in [-0.4, -0.2) is 253 Å². The van der Waals surface area contributed by atoms with E-state index < -0.39 is 248 Å². The quantitative estimate of drug-likeness (QED) is 0.0227. The second kappa shape index (κ2) is 37.9. The van der Waals surface area contributed by atoms with Crippen molar-refractivity contribution in [2.24, 2.45) is 11.8 Å². The first-order chi connectivity index (χ1) is 61.7. The zero-order valence-electron chi connectivity index (χ0n) is 69.1. The normalized spacial score (nSPS) is 31.9. The first-order valence-electron chi connectivity index (χ1n) is 39.4. The van der Waals surface area contributed by atoms with Crippen molar-refractivity contribution in [3.05, 3.63) is 129 Å². The molecule has 0 radical (unpaired) electrons. The first-order valence-corrected chi connectivity index (χ1v) is 54.9. The van der Waals surface area contributed by atoms with Crippen LogP contribution in [0.1, 0.15) is 94.1 Å². The molecule has 7 aliphatic rings. The minimum Gasteiger partial charge on any atom is -0.394 e. The Morgan fingerprint density at radius 3 is 1.40 bits per heavy atom. The largest absolute Gasteiger partial charge is 0.394 e. The number of fused-ring (bicyclic) bond motifs is 5. The van der Waals surface area contributed by atoms with Gasteiger partial charge in [0.25, 0.3) is 16.7 Å². The highest BCUT2D eigenvalue weighted by Crippen LogP contribution is 2.62. The third-order valence-corrected chi connectivity index (χ3v) is 32.3. The van der Waals surface area contributed by atoms with Gasteiger partial charge in [-0.3, -0.25) is 61.3 Å². The maximum Gasteiger partial charge on any atom is 0.351 e. The van der Waals surface area contributed by atoms with Gasteiger partial charge in [0.2, 0.25) is 5.95 Å². The molecule has 0 spiro atoms. The number of hydrogen-bond donors (Lipinski definition) is 14. The van der Waals surface area contributed by atoms with E-state index >= 15 is 0 Å². The number of aromatic amines is 3. The van der Waals surface area contributed by atoms with Gasteiger partial charge in [-0.2, -0.15) is 9.97 Å². The minimum absolute atomic E-state index is 0.0134. The van der Waals surface area contributed by atoms with Gasteiger partial charge in [-0.1, -0.05) is 13.8 Å². The van der Waals surface area contributed by atoms with Crippen molar-refractivity contribution in [2.75, 3.05) is 69.7 Å². The molecular weight excluding hydrogens is 1980 g/mol. The molecule has 66 heteroatoms. The second-order valence-electron chi connectivity index (χ2n) is 31.3. The summed E-state index contributed by atoms with van der Waals surface area (Å²) in [6.07, 6.45) is -15.3. The lowest BCUT2D eigenvalue weighted by Gasteiger charge is -2.37. The van der Waals surface area contributed by atoms with Crippen molar-refractivity contribution >= 4 is 168 Å². The lowest BCUT2D eigenvalue weighted by atomic mass is 9.94. The average molecular weight is 2070 g/mol. The van der Waals surface area contributed by atoms with Crippen molar-refractivity contribution in [3.8, 4) is 0 Å². The summed E-state index contributed by atoms with van der Waals surface area (Å²) >= 11 is 33.7. The number of nitrogens with zero attached hydrogens (tertiary/aromatic N) is 15. The number of hydrogen-bond acceptors (Lipinski definition) is 45. The summed E-state index contributed by atoms with van der Waals surface area (Å²) in [5.41, 5.74) is 18.7. The van der Waals surface area contributed by atoms with Crippen molar-refractivity contribution in [3.63, 3.8) is 0 Å². The van der Waals surface area contributed by atoms with E-state index in [1.807, 2.05) is 0 Å². The number of ether oxygens (including phenoxy) is 7. The van der Waals surface area contributed by atoms with Crippen molar-refractivity contribution in [1.29, 1.82) is 0 Å². The van der Waals surface area contributed by atoms with E-state index in [0.717, 1.165) is 27.1 Å². The van der Waals surface area contributed by atoms with E-state index in [1.54, 1.807) is 20.8 Å². The van der Waals surface area contributed by atoms with E-state index in [9.17, 15) is 63.2 Å². The molecule has 9 aromatic rings. The number of aryl methyl sites for hydroxylation is 3. The summed E-state index contributed by atoms with van der Waals surface area (Å²) in [6, 6.07) is 0. The molecule has 9 aromatic heterocycles. The molecule has 7 fully saturated rings. The standard InChI is InChI=1S/C65H86N22O32P6S6/c1-25-11-84(62(92)77-49(25)66)58-28(4)45(34(14-88)111-58)117-123(98,129)105-18-38-46(29(5)59(112-38)87-24-76-44-54(87)78-61(69)79-57(44)91)118-125(100,131)106-19-65-30(6)107-47(60(113-65)86-23-75-43-51(68)71-21-73-53(43)86)48(65)119-124(99,130)104-17-36-32(9-40(109-36)83-13-27(3)56(90)81-64(83)94)115-121(96,127)103-16-37-33(10-41(110-37)85-22-74-42-50(67)70-20-72-52(42)85)116-122(97,128)102-15-35-31(114-120(95,126)101-7)8-39(108-35)82-12-26(2)55(89)80-63(82)93/h11-13,20-24,28-41,45-48,58-60,88H,8-10,14-19H2,1-7H3,(H,95,126)(H,96,127)(H,97,128)(H,98,129)(H,99,130)(H,100,131)(H2,66,77,92)(H2,67,70,72)(H2,68,71,73)(H,80,89,93)(H,81,90,94)(H3,69,78,79,91)/t28?,29?,30-,31+,32+,33+,34+,35+,36+,37+,38+,39+,40+,41+,45+,46+,47?,48+,58+,59+,60+,65-,120?,121?,122?,123?,124?,125?/m0/s1.